The molecule has 0 bridgehead atoms. The van der Waals surface area contributed by atoms with Crippen LogP contribution in [0, 0.1) is 5.41 Å². The van der Waals surface area contributed by atoms with Gasteiger partial charge in [0, 0.05) is 30.7 Å². The van der Waals surface area contributed by atoms with Gasteiger partial charge in [0.15, 0.2) is 0 Å². The van der Waals surface area contributed by atoms with Gasteiger partial charge in [0.05, 0.1) is 0 Å². The van der Waals surface area contributed by atoms with Crippen molar-refractivity contribution in [1.82, 2.24) is 19.8 Å². The lowest BCUT2D eigenvalue weighted by Gasteiger charge is -2.29. The van der Waals surface area contributed by atoms with Gasteiger partial charge in [-0.15, -0.1) is 5.10 Å². The third-order valence-electron chi connectivity index (χ3n) is 5.01. The zero-order valence-corrected chi connectivity index (χ0v) is 14.7. The highest BCUT2D eigenvalue weighted by molar-refractivity contribution is 7.10. The molecule has 2 fully saturated rings. The predicted octanol–water partition coefficient (Wildman–Crippen LogP) is 3.40. The summed E-state index contributed by atoms with van der Waals surface area (Å²) in [7, 11) is 0. The van der Waals surface area contributed by atoms with E-state index in [2.05, 4.69) is 36.6 Å². The Bertz CT molecular complexity index is 621. The van der Waals surface area contributed by atoms with E-state index in [1.807, 2.05) is 0 Å². The number of nitrogens with zero attached hydrogens (tertiary/aromatic N) is 3. The SMILES string of the molecule is Clc1snnc1CN(Cc1ccsc1)C1CC12CCNCC2. The van der Waals surface area contributed by atoms with Crippen LogP contribution < -0.4 is 5.32 Å². The summed E-state index contributed by atoms with van der Waals surface area (Å²) in [4.78, 5) is 2.57. The average molecular weight is 355 g/mol. The van der Waals surface area contributed by atoms with E-state index in [1.165, 1.54) is 36.4 Å². The monoisotopic (exact) mass is 354 g/mol. The Morgan fingerprint density at radius 1 is 1.36 bits per heavy atom. The van der Waals surface area contributed by atoms with Crippen molar-refractivity contribution in [2.24, 2.45) is 5.41 Å². The smallest absolute Gasteiger partial charge is 0.138 e. The molecule has 3 heterocycles. The zero-order chi connectivity index (χ0) is 15.0. The molecule has 1 atom stereocenters. The Hall–Kier alpha value is -0.530. The summed E-state index contributed by atoms with van der Waals surface area (Å²) < 4.78 is 4.71. The highest BCUT2D eigenvalue weighted by Gasteiger charge is 2.56. The van der Waals surface area contributed by atoms with Gasteiger partial charge >= 0.3 is 0 Å². The second kappa shape index (κ2) is 6.17. The number of piperidine rings is 1. The van der Waals surface area contributed by atoms with E-state index in [-0.39, 0.29) is 0 Å². The summed E-state index contributed by atoms with van der Waals surface area (Å²) in [5, 5.41) is 12.1. The van der Waals surface area contributed by atoms with E-state index in [0.29, 0.717) is 11.5 Å². The van der Waals surface area contributed by atoms with E-state index in [9.17, 15) is 0 Å². The van der Waals surface area contributed by atoms with Crippen LogP contribution in [-0.4, -0.2) is 33.6 Å². The third-order valence-corrected chi connectivity index (χ3v) is 6.73. The first-order valence-electron chi connectivity index (χ1n) is 7.69. The molecule has 2 aliphatic rings. The van der Waals surface area contributed by atoms with Crippen LogP contribution in [0.5, 0.6) is 0 Å². The second-order valence-electron chi connectivity index (χ2n) is 6.36. The molecule has 0 amide bonds. The van der Waals surface area contributed by atoms with E-state index in [4.69, 9.17) is 11.6 Å². The lowest BCUT2D eigenvalue weighted by molar-refractivity contribution is 0.186. The Labute approximate surface area is 143 Å². The fourth-order valence-electron chi connectivity index (χ4n) is 3.68. The summed E-state index contributed by atoms with van der Waals surface area (Å²) in [6, 6.07) is 2.88. The van der Waals surface area contributed by atoms with Crippen molar-refractivity contribution in [3.05, 3.63) is 32.4 Å². The molecule has 1 aliphatic carbocycles. The summed E-state index contributed by atoms with van der Waals surface area (Å²) in [6.07, 6.45) is 3.90. The van der Waals surface area contributed by atoms with E-state index >= 15 is 0 Å². The Balaban J connectivity index is 1.52. The van der Waals surface area contributed by atoms with Crippen LogP contribution in [0.4, 0.5) is 0 Å². The van der Waals surface area contributed by atoms with Crippen LogP contribution in [0.2, 0.25) is 4.34 Å². The van der Waals surface area contributed by atoms with Gasteiger partial charge in [-0.1, -0.05) is 16.1 Å². The molecule has 4 rings (SSSR count). The molecule has 1 saturated heterocycles. The molecule has 118 valence electrons. The fraction of sp³-hybridized carbons (Fsp3) is 0.600. The van der Waals surface area contributed by atoms with Gasteiger partial charge in [-0.05, 0) is 60.2 Å². The van der Waals surface area contributed by atoms with Crippen molar-refractivity contribution >= 4 is 34.5 Å². The summed E-state index contributed by atoms with van der Waals surface area (Å²) in [6.45, 7) is 4.10. The first-order chi connectivity index (χ1) is 10.8. The first kappa shape index (κ1) is 15.0. The maximum atomic E-state index is 6.23. The minimum Gasteiger partial charge on any atom is -0.317 e. The van der Waals surface area contributed by atoms with Crippen molar-refractivity contribution in [2.45, 2.75) is 38.4 Å². The second-order valence-corrected chi connectivity index (χ2v) is 8.50. The predicted molar refractivity (Wildman–Crippen MR) is 91.4 cm³/mol. The number of hydrogen-bond acceptors (Lipinski definition) is 6. The van der Waals surface area contributed by atoms with E-state index in [1.54, 1.807) is 11.3 Å². The molecular weight excluding hydrogens is 336 g/mol. The quantitative estimate of drug-likeness (QED) is 0.893. The maximum absolute atomic E-state index is 6.23. The molecule has 1 unspecified atom stereocenters. The third kappa shape index (κ3) is 2.95. The van der Waals surface area contributed by atoms with Crippen LogP contribution in [-0.2, 0) is 13.1 Å². The molecule has 1 saturated carbocycles. The molecule has 1 aliphatic heterocycles. The standard InChI is InChI=1S/C15H19ClN4S2/c16-14-12(18-19-22-14)9-20(8-11-1-6-21-10-11)13-7-15(13)2-4-17-5-3-15/h1,6,10,13,17H,2-5,7-9H2. The van der Waals surface area contributed by atoms with Crippen molar-refractivity contribution in [1.29, 1.82) is 0 Å². The van der Waals surface area contributed by atoms with Gasteiger partial charge in [-0.2, -0.15) is 11.3 Å². The van der Waals surface area contributed by atoms with Crippen LogP contribution >= 0.6 is 34.5 Å². The lowest BCUT2D eigenvalue weighted by Crippen LogP contribution is -2.35. The highest BCUT2D eigenvalue weighted by atomic mass is 35.5. The van der Waals surface area contributed by atoms with Crippen LogP contribution in [0.3, 0.4) is 0 Å². The Kier molecular flexibility index (Phi) is 4.21. The van der Waals surface area contributed by atoms with Crippen LogP contribution in [0.1, 0.15) is 30.5 Å². The number of nitrogens with one attached hydrogen (secondary N) is 1. The van der Waals surface area contributed by atoms with Crippen LogP contribution in [0.15, 0.2) is 16.8 Å². The molecule has 2 aromatic rings. The molecule has 7 heteroatoms. The van der Waals surface area contributed by atoms with Gasteiger partial charge in [0.25, 0.3) is 0 Å². The minimum absolute atomic E-state index is 0.525. The molecule has 1 spiro atoms. The number of thiophene rings is 1. The minimum atomic E-state index is 0.525. The molecule has 22 heavy (non-hydrogen) atoms. The highest BCUT2D eigenvalue weighted by Crippen LogP contribution is 2.56. The maximum Gasteiger partial charge on any atom is 0.138 e. The normalized spacial score (nSPS) is 23.3. The first-order valence-corrected chi connectivity index (χ1v) is 9.79. The average Bonchev–Trinajstić information content (AvgIpc) is 2.90. The fourth-order valence-corrected chi connectivity index (χ4v) is 4.95. The van der Waals surface area contributed by atoms with Gasteiger partial charge in [-0.25, -0.2) is 0 Å². The largest absolute Gasteiger partial charge is 0.317 e. The Morgan fingerprint density at radius 3 is 2.91 bits per heavy atom. The molecule has 0 aromatic carbocycles. The number of halogens is 1. The summed E-state index contributed by atoms with van der Waals surface area (Å²) in [5.74, 6) is 0. The van der Waals surface area contributed by atoms with Gasteiger partial charge < -0.3 is 5.32 Å². The van der Waals surface area contributed by atoms with Gasteiger partial charge in [-0.3, -0.25) is 4.90 Å². The molecule has 2 aromatic heterocycles. The molecule has 4 nitrogen and oxygen atoms in total. The van der Waals surface area contributed by atoms with Gasteiger partial charge in [0.1, 0.15) is 10.0 Å². The van der Waals surface area contributed by atoms with Crippen molar-refractivity contribution in [3.8, 4) is 0 Å². The van der Waals surface area contributed by atoms with Crippen molar-refractivity contribution in [3.63, 3.8) is 0 Å². The zero-order valence-electron chi connectivity index (χ0n) is 12.3. The summed E-state index contributed by atoms with van der Waals surface area (Å²) >= 11 is 9.27. The Morgan fingerprint density at radius 2 is 2.23 bits per heavy atom. The number of hydrogen-bond donors (Lipinski definition) is 1. The van der Waals surface area contributed by atoms with Crippen LogP contribution in [0.25, 0.3) is 0 Å². The lowest BCUT2D eigenvalue weighted by atomic mass is 9.93. The topological polar surface area (TPSA) is 41.1 Å². The molecule has 0 radical (unpaired) electrons. The van der Waals surface area contributed by atoms with E-state index in [0.717, 1.165) is 36.2 Å². The van der Waals surface area contributed by atoms with Gasteiger partial charge in [0.2, 0.25) is 0 Å². The molecule has 1 N–H and O–H groups in total. The summed E-state index contributed by atoms with van der Waals surface area (Å²) in [5.41, 5.74) is 2.84. The number of aromatic nitrogens is 2. The van der Waals surface area contributed by atoms with Crippen molar-refractivity contribution in [2.75, 3.05) is 13.1 Å². The van der Waals surface area contributed by atoms with Crippen molar-refractivity contribution < 1.29 is 0 Å². The van der Waals surface area contributed by atoms with E-state index < -0.39 is 0 Å². The number of rotatable bonds is 5. The molecular formula is C15H19ClN4S2.